The van der Waals surface area contributed by atoms with Crippen LogP contribution in [0.5, 0.6) is 0 Å². The third kappa shape index (κ3) is 10.4. The van der Waals surface area contributed by atoms with Crippen LogP contribution in [0.1, 0.15) is 45.7 Å². The van der Waals surface area contributed by atoms with Crippen molar-refractivity contribution in [3.05, 3.63) is 18.2 Å². The summed E-state index contributed by atoms with van der Waals surface area (Å²) >= 11 is 0. The van der Waals surface area contributed by atoms with Gasteiger partial charge < -0.3 is 43.2 Å². The minimum atomic E-state index is -1.18. The largest absolute Gasteiger partial charge is 0.480 e. The molecule has 11 N–H and O–H groups in total. The number of nitrogens with one attached hydrogen (secondary N) is 4. The lowest BCUT2D eigenvalue weighted by atomic mass is 9.98. The molecule has 0 aliphatic rings. The Kier molecular flexibility index (Phi) is 12.2. The molecular formula is C21H37N9O5. The van der Waals surface area contributed by atoms with Crippen LogP contribution in [-0.4, -0.2) is 75.4 Å². The molecule has 14 heteroatoms. The standard InChI is InChI=1S/C21H37N9O5/c1-4-11(2)16(20(34)35)30-19(33)15(8-13-9-25-10-27-13)29-18(32)14(28-17(31)12(3)22)6-5-7-26-21(23)24/h9-12,14-16H,4-8,22H2,1-3H3,(H,25,27)(H,28,31)(H,29,32)(H,30,33)(H,34,35)(H4,23,24,26). The first-order valence-electron chi connectivity index (χ1n) is 11.4. The number of carbonyl (C=O) groups is 4. The monoisotopic (exact) mass is 495 g/mol. The fourth-order valence-corrected chi connectivity index (χ4v) is 3.11. The first kappa shape index (κ1) is 29.4. The van der Waals surface area contributed by atoms with Crippen LogP contribution in [0.3, 0.4) is 0 Å². The van der Waals surface area contributed by atoms with Crippen molar-refractivity contribution in [3.63, 3.8) is 0 Å². The topological polar surface area (TPSA) is 244 Å². The number of hydrogen-bond donors (Lipinski definition) is 8. The van der Waals surface area contributed by atoms with Crippen LogP contribution in [0, 0.1) is 5.92 Å². The van der Waals surface area contributed by atoms with Gasteiger partial charge in [0.25, 0.3) is 0 Å². The molecule has 0 fully saturated rings. The minimum Gasteiger partial charge on any atom is -0.480 e. The summed E-state index contributed by atoms with van der Waals surface area (Å²) in [6, 6.07) is -4.16. The molecule has 5 unspecified atom stereocenters. The Morgan fingerprint density at radius 3 is 2.23 bits per heavy atom. The zero-order chi connectivity index (χ0) is 26.5. The van der Waals surface area contributed by atoms with Crippen LogP contribution in [0.15, 0.2) is 17.5 Å². The number of amides is 3. The fraction of sp³-hybridized carbons (Fsp3) is 0.619. The van der Waals surface area contributed by atoms with Gasteiger partial charge >= 0.3 is 5.97 Å². The number of hydrogen-bond acceptors (Lipinski definition) is 7. The van der Waals surface area contributed by atoms with E-state index in [1.54, 1.807) is 6.92 Å². The van der Waals surface area contributed by atoms with Gasteiger partial charge in [-0.05, 0) is 25.7 Å². The molecule has 1 heterocycles. The second-order valence-corrected chi connectivity index (χ2v) is 8.35. The van der Waals surface area contributed by atoms with E-state index in [4.69, 9.17) is 17.2 Å². The molecule has 0 aliphatic heterocycles. The number of aliphatic imine (C=N–C) groups is 1. The highest BCUT2D eigenvalue weighted by Gasteiger charge is 2.32. The van der Waals surface area contributed by atoms with E-state index in [0.29, 0.717) is 18.5 Å². The van der Waals surface area contributed by atoms with Gasteiger partial charge in [-0.25, -0.2) is 9.78 Å². The summed E-state index contributed by atoms with van der Waals surface area (Å²) in [7, 11) is 0. The van der Waals surface area contributed by atoms with Gasteiger partial charge in [0.1, 0.15) is 18.1 Å². The number of aliphatic carboxylic acids is 1. The number of carboxylic acid groups (broad SMARTS) is 1. The summed E-state index contributed by atoms with van der Waals surface area (Å²) in [5.41, 5.74) is 16.8. The third-order valence-corrected chi connectivity index (χ3v) is 5.38. The Bertz CT molecular complexity index is 869. The Morgan fingerprint density at radius 1 is 1.09 bits per heavy atom. The first-order valence-corrected chi connectivity index (χ1v) is 11.4. The Balaban J connectivity index is 3.07. The molecule has 5 atom stereocenters. The maximum atomic E-state index is 13.1. The number of H-pyrrole nitrogens is 1. The molecule has 3 amide bonds. The Hall–Kier alpha value is -3.68. The summed E-state index contributed by atoms with van der Waals surface area (Å²) in [5.74, 6) is -3.49. The molecule has 0 radical (unpaired) electrons. The van der Waals surface area contributed by atoms with Gasteiger partial charge in [0, 0.05) is 24.9 Å². The number of carboxylic acids is 1. The summed E-state index contributed by atoms with van der Waals surface area (Å²) in [6.45, 7) is 5.22. The van der Waals surface area contributed by atoms with Gasteiger partial charge in [0.2, 0.25) is 17.7 Å². The van der Waals surface area contributed by atoms with E-state index >= 15 is 0 Å². The molecule has 14 nitrogen and oxygen atoms in total. The van der Waals surface area contributed by atoms with E-state index in [-0.39, 0.29) is 31.3 Å². The number of guanidine groups is 1. The van der Waals surface area contributed by atoms with E-state index in [9.17, 15) is 24.3 Å². The van der Waals surface area contributed by atoms with Crippen molar-refractivity contribution in [3.8, 4) is 0 Å². The molecule has 1 rings (SSSR count). The molecule has 35 heavy (non-hydrogen) atoms. The van der Waals surface area contributed by atoms with Gasteiger partial charge in [-0.3, -0.25) is 19.4 Å². The molecule has 0 saturated carbocycles. The van der Waals surface area contributed by atoms with Gasteiger partial charge in [0.15, 0.2) is 5.96 Å². The molecule has 0 saturated heterocycles. The predicted octanol–water partition coefficient (Wildman–Crippen LogP) is -2.06. The van der Waals surface area contributed by atoms with Crippen LogP contribution in [0.25, 0.3) is 0 Å². The summed E-state index contributed by atoms with van der Waals surface area (Å²) in [4.78, 5) is 60.6. The van der Waals surface area contributed by atoms with Gasteiger partial charge in [-0.2, -0.15) is 0 Å². The van der Waals surface area contributed by atoms with Crippen LogP contribution < -0.4 is 33.2 Å². The van der Waals surface area contributed by atoms with Crippen molar-refractivity contribution < 1.29 is 24.3 Å². The molecule has 0 spiro atoms. The zero-order valence-electron chi connectivity index (χ0n) is 20.3. The summed E-state index contributed by atoms with van der Waals surface area (Å²) in [6.07, 6.45) is 3.98. The number of nitrogens with zero attached hydrogens (tertiary/aromatic N) is 2. The number of carbonyl (C=O) groups excluding carboxylic acids is 3. The number of aromatic nitrogens is 2. The first-order chi connectivity index (χ1) is 16.5. The lowest BCUT2D eigenvalue weighted by Gasteiger charge is -2.26. The molecule has 0 aromatic carbocycles. The SMILES string of the molecule is CCC(C)C(NC(=O)C(Cc1cnc[nH]1)NC(=O)C(CCCN=C(N)N)NC(=O)C(C)N)C(=O)O. The van der Waals surface area contributed by atoms with Crippen molar-refractivity contribution in [2.75, 3.05) is 6.54 Å². The summed E-state index contributed by atoms with van der Waals surface area (Å²) in [5, 5.41) is 17.2. The van der Waals surface area contributed by atoms with Gasteiger partial charge in [-0.1, -0.05) is 20.3 Å². The van der Waals surface area contributed by atoms with Crippen LogP contribution >= 0.6 is 0 Å². The van der Waals surface area contributed by atoms with Crippen LogP contribution in [0.2, 0.25) is 0 Å². The second kappa shape index (κ2) is 14.6. The molecule has 1 aromatic heterocycles. The lowest BCUT2D eigenvalue weighted by Crippen LogP contribution is -2.58. The van der Waals surface area contributed by atoms with Gasteiger partial charge in [0.05, 0.1) is 12.4 Å². The van der Waals surface area contributed by atoms with Crippen molar-refractivity contribution in [2.24, 2.45) is 28.1 Å². The zero-order valence-corrected chi connectivity index (χ0v) is 20.3. The number of nitrogens with two attached hydrogens (primary N) is 3. The van der Waals surface area contributed by atoms with Crippen LogP contribution in [0.4, 0.5) is 0 Å². The van der Waals surface area contributed by atoms with Gasteiger partial charge in [-0.15, -0.1) is 0 Å². The van der Waals surface area contributed by atoms with E-state index < -0.39 is 47.9 Å². The second-order valence-electron chi connectivity index (χ2n) is 8.35. The van der Waals surface area contributed by atoms with Crippen molar-refractivity contribution in [1.29, 1.82) is 0 Å². The predicted molar refractivity (Wildman–Crippen MR) is 129 cm³/mol. The highest BCUT2D eigenvalue weighted by molar-refractivity contribution is 5.94. The maximum Gasteiger partial charge on any atom is 0.326 e. The molecule has 0 bridgehead atoms. The van der Waals surface area contributed by atoms with E-state index in [1.165, 1.54) is 19.4 Å². The number of aromatic amines is 1. The average Bonchev–Trinajstić information content (AvgIpc) is 3.30. The number of imidazole rings is 1. The average molecular weight is 496 g/mol. The van der Waals surface area contributed by atoms with Crippen molar-refractivity contribution in [1.82, 2.24) is 25.9 Å². The normalized spacial score (nSPS) is 15.1. The maximum absolute atomic E-state index is 13.1. The quantitative estimate of drug-likeness (QED) is 0.0756. The highest BCUT2D eigenvalue weighted by Crippen LogP contribution is 2.10. The number of rotatable bonds is 15. The molecule has 0 aliphatic carbocycles. The fourth-order valence-electron chi connectivity index (χ4n) is 3.11. The summed E-state index contributed by atoms with van der Waals surface area (Å²) < 4.78 is 0. The van der Waals surface area contributed by atoms with Crippen molar-refractivity contribution in [2.45, 2.75) is 70.6 Å². The molecular weight excluding hydrogens is 458 g/mol. The van der Waals surface area contributed by atoms with E-state index in [0.717, 1.165) is 0 Å². The smallest absolute Gasteiger partial charge is 0.326 e. The lowest BCUT2D eigenvalue weighted by molar-refractivity contribution is -0.143. The van der Waals surface area contributed by atoms with E-state index in [2.05, 4.69) is 30.9 Å². The third-order valence-electron chi connectivity index (χ3n) is 5.38. The minimum absolute atomic E-state index is 0.0202. The highest BCUT2D eigenvalue weighted by atomic mass is 16.4. The van der Waals surface area contributed by atoms with E-state index in [1.807, 2.05) is 6.92 Å². The van der Waals surface area contributed by atoms with Crippen molar-refractivity contribution >= 4 is 29.7 Å². The Labute approximate surface area is 203 Å². The van der Waals surface area contributed by atoms with Crippen LogP contribution in [-0.2, 0) is 25.6 Å². The Morgan fingerprint density at radius 2 is 1.71 bits per heavy atom. The molecule has 1 aromatic rings. The molecule has 196 valence electrons.